The van der Waals surface area contributed by atoms with Crippen molar-refractivity contribution in [1.29, 1.82) is 5.26 Å². The van der Waals surface area contributed by atoms with Gasteiger partial charge in [0.25, 0.3) is 0 Å². The average molecular weight is 512 g/mol. The summed E-state index contributed by atoms with van der Waals surface area (Å²) in [4.78, 5) is 36.3. The smallest absolute Gasteiger partial charge is 0.242 e. The van der Waals surface area contributed by atoms with Crippen LogP contribution in [0.25, 0.3) is 11.3 Å². The summed E-state index contributed by atoms with van der Waals surface area (Å²) in [7, 11) is 1.72. The van der Waals surface area contributed by atoms with Gasteiger partial charge in [0.1, 0.15) is 17.7 Å². The lowest BCUT2D eigenvalue weighted by Crippen LogP contribution is -2.44. The lowest BCUT2D eigenvalue weighted by molar-refractivity contribution is -0.120. The third-order valence-corrected chi connectivity index (χ3v) is 6.57. The molecule has 0 aliphatic carbocycles. The van der Waals surface area contributed by atoms with Gasteiger partial charge in [-0.3, -0.25) is 14.6 Å². The van der Waals surface area contributed by atoms with Crippen molar-refractivity contribution in [2.24, 2.45) is 0 Å². The van der Waals surface area contributed by atoms with Crippen LogP contribution in [0.4, 0.5) is 23.3 Å². The number of carbonyl (C=O) groups excluding carboxylic acids is 1. The molecule has 2 fully saturated rings. The number of rotatable bonds is 7. The maximum atomic E-state index is 12.7. The number of nitrogens with one attached hydrogen (secondary N) is 1. The molecule has 5 heterocycles. The molecule has 194 valence electrons. The topological polar surface area (TPSA) is 123 Å². The number of carbonyl (C=O) groups is 1. The van der Waals surface area contributed by atoms with Crippen LogP contribution in [0.1, 0.15) is 12.0 Å². The molecule has 0 saturated carbocycles. The zero-order valence-electron chi connectivity index (χ0n) is 21.3. The van der Waals surface area contributed by atoms with Crippen LogP contribution < -0.4 is 15.1 Å². The van der Waals surface area contributed by atoms with E-state index in [0.29, 0.717) is 60.8 Å². The minimum atomic E-state index is -0.0258. The van der Waals surface area contributed by atoms with Gasteiger partial charge in [-0.2, -0.15) is 5.26 Å². The molecule has 1 N–H and O–H groups in total. The number of anilines is 4. The van der Waals surface area contributed by atoms with E-state index >= 15 is 0 Å². The van der Waals surface area contributed by atoms with Crippen molar-refractivity contribution in [2.45, 2.75) is 6.42 Å². The Bertz CT molecular complexity index is 1360. The molecule has 0 atom stereocenters. The van der Waals surface area contributed by atoms with Crippen LogP contribution in [0, 0.1) is 11.3 Å². The summed E-state index contributed by atoms with van der Waals surface area (Å²) in [5, 5.41) is 12.9. The monoisotopic (exact) mass is 511 g/mol. The second-order valence-corrected chi connectivity index (χ2v) is 9.27. The van der Waals surface area contributed by atoms with Gasteiger partial charge in [0.15, 0.2) is 0 Å². The van der Waals surface area contributed by atoms with Crippen LogP contribution in [-0.4, -0.2) is 83.7 Å². The minimum Gasteiger partial charge on any atom is -0.379 e. The van der Waals surface area contributed by atoms with E-state index in [2.05, 4.69) is 47.7 Å². The molecular formula is C27H29N9O2. The summed E-state index contributed by atoms with van der Waals surface area (Å²) >= 11 is 0. The number of hydrogen-bond acceptors (Lipinski definition) is 10. The number of nitriles is 1. The average Bonchev–Trinajstić information content (AvgIpc) is 3.39. The van der Waals surface area contributed by atoms with Gasteiger partial charge < -0.3 is 15.0 Å². The molecule has 2 saturated heterocycles. The molecule has 11 heteroatoms. The fourth-order valence-electron chi connectivity index (χ4n) is 4.39. The first-order valence-corrected chi connectivity index (χ1v) is 12.4. The second-order valence-electron chi connectivity index (χ2n) is 9.27. The minimum absolute atomic E-state index is 0.0258. The van der Waals surface area contributed by atoms with Crippen molar-refractivity contribution >= 4 is 29.2 Å². The Balaban J connectivity index is 1.25. The van der Waals surface area contributed by atoms with E-state index in [4.69, 9.17) is 4.74 Å². The van der Waals surface area contributed by atoms with E-state index in [0.717, 1.165) is 37.2 Å². The number of pyridine rings is 2. The summed E-state index contributed by atoms with van der Waals surface area (Å²) in [6.45, 7) is 8.69. The molecule has 0 radical (unpaired) electrons. The number of nitrogens with zero attached hydrogens (tertiary/aromatic N) is 8. The lowest BCUT2D eigenvalue weighted by atomic mass is 10.1. The van der Waals surface area contributed by atoms with Gasteiger partial charge in [-0.1, -0.05) is 12.2 Å². The molecule has 1 amide bonds. The molecule has 38 heavy (non-hydrogen) atoms. The number of likely N-dealkylation sites (N-methyl/N-ethyl adjacent to an activating group) is 1. The van der Waals surface area contributed by atoms with Crippen molar-refractivity contribution in [3.05, 3.63) is 60.6 Å². The van der Waals surface area contributed by atoms with Gasteiger partial charge >= 0.3 is 0 Å². The number of hydrogen-bond donors (Lipinski definition) is 1. The first-order valence-electron chi connectivity index (χ1n) is 12.4. The molecule has 0 spiro atoms. The number of morpholine rings is 1. The third-order valence-electron chi connectivity index (χ3n) is 6.57. The maximum absolute atomic E-state index is 12.7. The van der Waals surface area contributed by atoms with E-state index in [1.165, 1.54) is 0 Å². The van der Waals surface area contributed by atoms with E-state index in [9.17, 15) is 10.1 Å². The van der Waals surface area contributed by atoms with Crippen LogP contribution in [0.5, 0.6) is 0 Å². The number of amides is 1. The molecule has 11 nitrogen and oxygen atoms in total. The van der Waals surface area contributed by atoms with E-state index in [-0.39, 0.29) is 5.91 Å². The summed E-state index contributed by atoms with van der Waals surface area (Å²) < 4.78 is 5.34. The highest BCUT2D eigenvalue weighted by Crippen LogP contribution is 2.28. The van der Waals surface area contributed by atoms with Crippen molar-refractivity contribution in [2.75, 3.05) is 68.1 Å². The number of ether oxygens (including phenoxy) is 1. The van der Waals surface area contributed by atoms with Crippen LogP contribution in [0.2, 0.25) is 0 Å². The van der Waals surface area contributed by atoms with E-state index in [1.54, 1.807) is 48.7 Å². The van der Waals surface area contributed by atoms with Crippen molar-refractivity contribution < 1.29 is 9.53 Å². The first kappa shape index (κ1) is 25.3. The molecule has 3 aromatic heterocycles. The van der Waals surface area contributed by atoms with Gasteiger partial charge in [-0.15, -0.1) is 0 Å². The summed E-state index contributed by atoms with van der Waals surface area (Å²) in [6, 6.07) is 9.44. The fraction of sp³-hybridized carbons (Fsp3) is 0.333. The lowest BCUT2D eigenvalue weighted by Gasteiger charge is -2.27. The van der Waals surface area contributed by atoms with Gasteiger partial charge in [0.2, 0.25) is 11.9 Å². The predicted octanol–water partition coefficient (Wildman–Crippen LogP) is 2.61. The van der Waals surface area contributed by atoms with Crippen LogP contribution in [0.15, 0.2) is 55.0 Å². The standard InChI is InChI=1S/C27H29N9O2/c1-19-6-8-36(17-19)26-20(14-28)13-21(15-31-26)23-5-7-29-27(33-23)32-22-3-4-24(30-16-22)34(2)25(37)18-35-9-11-38-12-10-35/h3-5,7,13,15-16H,1,6,8-12,17-18H2,2H3,(H,29,32,33). The van der Waals surface area contributed by atoms with Crippen molar-refractivity contribution in [1.82, 2.24) is 24.8 Å². The molecule has 3 aromatic rings. The van der Waals surface area contributed by atoms with Crippen LogP contribution in [0.3, 0.4) is 0 Å². The Morgan fingerprint density at radius 2 is 2.03 bits per heavy atom. The van der Waals surface area contributed by atoms with Gasteiger partial charge in [-0.05, 0) is 30.7 Å². The third kappa shape index (κ3) is 5.77. The molecular weight excluding hydrogens is 482 g/mol. The Labute approximate surface area is 221 Å². The van der Waals surface area contributed by atoms with Crippen molar-refractivity contribution in [3.63, 3.8) is 0 Å². The van der Waals surface area contributed by atoms with Crippen LogP contribution in [-0.2, 0) is 9.53 Å². The van der Waals surface area contributed by atoms with Crippen molar-refractivity contribution in [3.8, 4) is 17.3 Å². The zero-order valence-corrected chi connectivity index (χ0v) is 21.3. The van der Waals surface area contributed by atoms with E-state index in [1.807, 2.05) is 6.07 Å². The highest BCUT2D eigenvalue weighted by atomic mass is 16.5. The van der Waals surface area contributed by atoms with Gasteiger partial charge in [0, 0.05) is 51.2 Å². The Morgan fingerprint density at radius 1 is 1.18 bits per heavy atom. The summed E-state index contributed by atoms with van der Waals surface area (Å²) in [6.07, 6.45) is 5.92. The van der Waals surface area contributed by atoms with Crippen LogP contribution >= 0.6 is 0 Å². The molecule has 5 rings (SSSR count). The van der Waals surface area contributed by atoms with Gasteiger partial charge in [-0.25, -0.2) is 19.9 Å². The highest BCUT2D eigenvalue weighted by Gasteiger charge is 2.21. The summed E-state index contributed by atoms with van der Waals surface area (Å²) in [5.41, 5.74) is 3.68. The molecule has 0 aromatic carbocycles. The normalized spacial score (nSPS) is 15.8. The SMILES string of the molecule is C=C1CCN(c2ncc(-c3ccnc(Nc4ccc(N(C)C(=O)CN5CCOCC5)nc4)n3)cc2C#N)C1. The molecule has 0 bridgehead atoms. The zero-order chi connectivity index (χ0) is 26.5. The highest BCUT2D eigenvalue weighted by molar-refractivity contribution is 5.93. The largest absolute Gasteiger partial charge is 0.379 e. The molecule has 2 aliphatic heterocycles. The quantitative estimate of drug-likeness (QED) is 0.474. The molecule has 2 aliphatic rings. The molecule has 0 unspecified atom stereocenters. The van der Waals surface area contributed by atoms with E-state index < -0.39 is 0 Å². The Hall–Kier alpha value is -4.40. The Kier molecular flexibility index (Phi) is 7.53. The fourth-order valence-corrected chi connectivity index (χ4v) is 4.39. The number of aromatic nitrogens is 4. The predicted molar refractivity (Wildman–Crippen MR) is 144 cm³/mol. The second kappa shape index (κ2) is 11.3. The summed E-state index contributed by atoms with van der Waals surface area (Å²) in [5.74, 6) is 1.58. The first-order chi connectivity index (χ1) is 18.5. The van der Waals surface area contributed by atoms with Gasteiger partial charge in [0.05, 0.1) is 42.9 Å². The maximum Gasteiger partial charge on any atom is 0.242 e. The Morgan fingerprint density at radius 3 is 2.74 bits per heavy atom.